The lowest BCUT2D eigenvalue weighted by molar-refractivity contribution is 0.0685. The number of carboxylic acid groups (broad SMARTS) is 1. The second kappa shape index (κ2) is 4.09. The summed E-state index contributed by atoms with van der Waals surface area (Å²) in [6.45, 7) is 1.26. The van der Waals surface area contributed by atoms with Gasteiger partial charge in [0, 0.05) is 11.8 Å². The van der Waals surface area contributed by atoms with E-state index in [4.69, 9.17) is 5.11 Å². The standard InChI is InChI=1S/C11H8N2O6/c1-4(14)5-2-6-8(15)7(11(17)18)10(16)13(19)9(6)12-3-5/h2-3,15,19H,1H3,(H,17,18). The van der Waals surface area contributed by atoms with Crippen LogP contribution in [0, 0.1) is 0 Å². The Kier molecular flexibility index (Phi) is 2.70. The molecule has 0 spiro atoms. The fourth-order valence-corrected chi connectivity index (χ4v) is 1.62. The molecule has 8 heteroatoms. The third kappa shape index (κ3) is 1.79. The fraction of sp³-hybridized carbons (Fsp3) is 0.0909. The third-order valence-corrected chi connectivity index (χ3v) is 2.59. The molecule has 0 atom stereocenters. The van der Waals surface area contributed by atoms with E-state index in [1.54, 1.807) is 0 Å². The Bertz CT molecular complexity index is 777. The molecule has 98 valence electrons. The average molecular weight is 264 g/mol. The second-order valence-corrected chi connectivity index (χ2v) is 3.80. The summed E-state index contributed by atoms with van der Waals surface area (Å²) in [5.41, 5.74) is -2.52. The predicted molar refractivity (Wildman–Crippen MR) is 61.8 cm³/mol. The van der Waals surface area contributed by atoms with Crippen LogP contribution in [0.2, 0.25) is 0 Å². The highest BCUT2D eigenvalue weighted by Gasteiger charge is 2.22. The maximum atomic E-state index is 11.5. The Morgan fingerprint density at radius 2 is 2.00 bits per heavy atom. The monoisotopic (exact) mass is 264 g/mol. The molecule has 0 aliphatic carbocycles. The van der Waals surface area contributed by atoms with Crippen LogP contribution in [0.3, 0.4) is 0 Å². The molecular formula is C11H8N2O6. The van der Waals surface area contributed by atoms with Gasteiger partial charge in [-0.05, 0) is 13.0 Å². The lowest BCUT2D eigenvalue weighted by Crippen LogP contribution is -2.26. The third-order valence-electron chi connectivity index (χ3n) is 2.59. The van der Waals surface area contributed by atoms with E-state index in [-0.39, 0.29) is 27.1 Å². The summed E-state index contributed by atoms with van der Waals surface area (Å²) >= 11 is 0. The quantitative estimate of drug-likeness (QED) is 0.523. The zero-order valence-corrected chi connectivity index (χ0v) is 9.62. The van der Waals surface area contributed by atoms with Gasteiger partial charge in [0.1, 0.15) is 5.75 Å². The van der Waals surface area contributed by atoms with Gasteiger partial charge < -0.3 is 15.4 Å². The van der Waals surface area contributed by atoms with Gasteiger partial charge in [0.05, 0.1) is 5.39 Å². The number of hydrogen-bond donors (Lipinski definition) is 3. The van der Waals surface area contributed by atoms with E-state index in [0.717, 1.165) is 12.3 Å². The lowest BCUT2D eigenvalue weighted by atomic mass is 10.1. The summed E-state index contributed by atoms with van der Waals surface area (Å²) in [7, 11) is 0. The first-order valence-corrected chi connectivity index (χ1v) is 5.05. The van der Waals surface area contributed by atoms with Crippen molar-refractivity contribution in [3.63, 3.8) is 0 Å². The molecule has 2 rings (SSSR count). The highest BCUT2D eigenvalue weighted by atomic mass is 16.5. The topological polar surface area (TPSA) is 130 Å². The Hall–Kier alpha value is -2.90. The summed E-state index contributed by atoms with van der Waals surface area (Å²) in [5, 5.41) is 27.9. The van der Waals surface area contributed by atoms with Crippen LogP contribution in [0.1, 0.15) is 27.6 Å². The van der Waals surface area contributed by atoms with Crippen LogP contribution < -0.4 is 5.56 Å². The van der Waals surface area contributed by atoms with Crippen molar-refractivity contribution in [2.45, 2.75) is 6.92 Å². The Labute approximate surface area is 105 Å². The van der Waals surface area contributed by atoms with Crippen LogP contribution in [0.15, 0.2) is 17.1 Å². The minimum absolute atomic E-state index is 0.0163. The van der Waals surface area contributed by atoms with Gasteiger partial charge in [-0.15, -0.1) is 4.73 Å². The second-order valence-electron chi connectivity index (χ2n) is 3.80. The summed E-state index contributed by atoms with van der Waals surface area (Å²) in [5.74, 6) is -2.89. The molecule has 0 amide bonds. The number of aromatic carboxylic acids is 1. The first-order valence-electron chi connectivity index (χ1n) is 5.05. The Morgan fingerprint density at radius 1 is 1.37 bits per heavy atom. The molecule has 19 heavy (non-hydrogen) atoms. The van der Waals surface area contributed by atoms with Crippen molar-refractivity contribution < 1.29 is 25.0 Å². The van der Waals surface area contributed by atoms with Crippen molar-refractivity contribution in [3.05, 3.63) is 33.7 Å². The molecule has 0 fully saturated rings. The molecule has 0 unspecified atom stereocenters. The van der Waals surface area contributed by atoms with Crippen molar-refractivity contribution in [2.75, 3.05) is 0 Å². The van der Waals surface area contributed by atoms with Crippen LogP contribution in [0.5, 0.6) is 5.75 Å². The van der Waals surface area contributed by atoms with Gasteiger partial charge >= 0.3 is 11.5 Å². The summed E-state index contributed by atoms with van der Waals surface area (Å²) in [6.07, 6.45) is 1.11. The number of aromatic nitrogens is 2. The summed E-state index contributed by atoms with van der Waals surface area (Å²) in [4.78, 5) is 37.3. The van der Waals surface area contributed by atoms with Crippen LogP contribution >= 0.6 is 0 Å². The molecule has 2 aromatic heterocycles. The maximum absolute atomic E-state index is 11.5. The van der Waals surface area contributed by atoms with Gasteiger partial charge in [-0.25, -0.2) is 9.78 Å². The minimum atomic E-state index is -1.69. The number of nitrogens with zero attached hydrogens (tertiary/aromatic N) is 2. The molecule has 0 aliphatic rings. The maximum Gasteiger partial charge on any atom is 0.345 e. The number of hydrogen-bond acceptors (Lipinski definition) is 6. The number of carboxylic acids is 1. The van der Waals surface area contributed by atoms with Gasteiger partial charge in [0.2, 0.25) is 0 Å². The number of carbonyl (C=O) groups excluding carboxylic acids is 1. The SMILES string of the molecule is CC(=O)c1cnc2c(c1)c(O)c(C(=O)O)c(=O)n2O. The van der Waals surface area contributed by atoms with Gasteiger partial charge in [0.15, 0.2) is 17.0 Å². The first kappa shape index (κ1) is 12.6. The summed E-state index contributed by atoms with van der Waals surface area (Å²) in [6, 6.07) is 1.15. The molecule has 8 nitrogen and oxygen atoms in total. The number of Topliss-reactive ketones (excluding diaryl/α,β-unsaturated/α-hetero) is 1. The predicted octanol–water partition coefficient (Wildman–Crippen LogP) is 0.240. The van der Waals surface area contributed by atoms with Crippen molar-refractivity contribution in [1.82, 2.24) is 9.71 Å². The molecular weight excluding hydrogens is 256 g/mol. The van der Waals surface area contributed by atoms with Gasteiger partial charge in [-0.2, -0.15) is 0 Å². The van der Waals surface area contributed by atoms with Gasteiger partial charge in [0.25, 0.3) is 0 Å². The van der Waals surface area contributed by atoms with Gasteiger partial charge in [-0.3, -0.25) is 9.59 Å². The molecule has 0 saturated heterocycles. The highest BCUT2D eigenvalue weighted by molar-refractivity contribution is 6.01. The lowest BCUT2D eigenvalue weighted by Gasteiger charge is -2.08. The zero-order valence-electron chi connectivity index (χ0n) is 9.62. The highest BCUT2D eigenvalue weighted by Crippen LogP contribution is 2.25. The van der Waals surface area contributed by atoms with Crippen molar-refractivity contribution in [1.29, 1.82) is 0 Å². The van der Waals surface area contributed by atoms with Crippen molar-refractivity contribution in [2.24, 2.45) is 0 Å². The van der Waals surface area contributed by atoms with E-state index in [0.29, 0.717) is 0 Å². The molecule has 0 aliphatic heterocycles. The minimum Gasteiger partial charge on any atom is -0.506 e. The summed E-state index contributed by atoms with van der Waals surface area (Å²) < 4.78 is 0.0163. The molecule has 2 heterocycles. The van der Waals surface area contributed by atoms with Crippen LogP contribution in [0.4, 0.5) is 0 Å². The van der Waals surface area contributed by atoms with E-state index in [9.17, 15) is 24.7 Å². The number of fused-ring (bicyclic) bond motifs is 1. The largest absolute Gasteiger partial charge is 0.506 e. The van der Waals surface area contributed by atoms with E-state index < -0.39 is 22.8 Å². The fourth-order valence-electron chi connectivity index (χ4n) is 1.62. The number of rotatable bonds is 2. The van der Waals surface area contributed by atoms with E-state index in [1.807, 2.05) is 0 Å². The van der Waals surface area contributed by atoms with Crippen molar-refractivity contribution >= 4 is 22.8 Å². The number of carbonyl (C=O) groups is 2. The van der Waals surface area contributed by atoms with E-state index >= 15 is 0 Å². The van der Waals surface area contributed by atoms with Gasteiger partial charge in [-0.1, -0.05) is 0 Å². The normalized spacial score (nSPS) is 10.6. The van der Waals surface area contributed by atoms with Crippen molar-refractivity contribution in [3.8, 4) is 5.75 Å². The smallest absolute Gasteiger partial charge is 0.345 e. The average Bonchev–Trinajstić information content (AvgIpc) is 2.35. The van der Waals surface area contributed by atoms with E-state index in [2.05, 4.69) is 4.98 Å². The zero-order chi connectivity index (χ0) is 14.3. The molecule has 0 bridgehead atoms. The molecule has 0 saturated carbocycles. The molecule has 2 aromatic rings. The first-order chi connectivity index (χ1) is 8.84. The van der Waals surface area contributed by atoms with Crippen LogP contribution in [-0.4, -0.2) is 36.9 Å². The molecule has 0 aromatic carbocycles. The Balaban J connectivity index is 3.00. The Morgan fingerprint density at radius 3 is 2.53 bits per heavy atom. The number of pyridine rings is 2. The van der Waals surface area contributed by atoms with E-state index in [1.165, 1.54) is 6.92 Å². The number of ketones is 1. The van der Waals surface area contributed by atoms with Crippen LogP contribution in [-0.2, 0) is 0 Å². The van der Waals surface area contributed by atoms with Crippen LogP contribution in [0.25, 0.3) is 11.0 Å². The number of aromatic hydroxyl groups is 1. The molecule has 0 radical (unpaired) electrons. The molecule has 3 N–H and O–H groups in total.